The van der Waals surface area contributed by atoms with E-state index in [4.69, 9.17) is 4.74 Å². The lowest BCUT2D eigenvalue weighted by molar-refractivity contribution is 0.0979. The molecule has 2 rings (SSSR count). The fourth-order valence-electron chi connectivity index (χ4n) is 1.80. The summed E-state index contributed by atoms with van der Waals surface area (Å²) in [6.45, 7) is 1.83. The number of ether oxygens (including phenoxy) is 1. The van der Waals surface area contributed by atoms with Crippen molar-refractivity contribution in [1.82, 2.24) is 0 Å². The van der Waals surface area contributed by atoms with Crippen LogP contribution >= 0.6 is 31.9 Å². The average molecular weight is 362 g/mol. The van der Waals surface area contributed by atoms with E-state index in [1.165, 1.54) is 18.4 Å². The van der Waals surface area contributed by atoms with Crippen LogP contribution in [-0.4, -0.2) is 18.5 Å². The van der Waals surface area contributed by atoms with Gasteiger partial charge in [0, 0.05) is 16.4 Å². The van der Waals surface area contributed by atoms with E-state index in [0.29, 0.717) is 5.92 Å². The van der Waals surface area contributed by atoms with Crippen LogP contribution in [0, 0.1) is 11.8 Å². The second-order valence-electron chi connectivity index (χ2n) is 4.83. The quantitative estimate of drug-likeness (QED) is 0.653. The van der Waals surface area contributed by atoms with Gasteiger partial charge in [-0.25, -0.2) is 0 Å². The SMILES string of the molecule is BrCC(COCC1CC1)Cc1ccc(Br)cc1. The fourth-order valence-corrected chi connectivity index (χ4v) is 2.48. The highest BCUT2D eigenvalue weighted by molar-refractivity contribution is 9.10. The maximum Gasteiger partial charge on any atom is 0.0505 e. The zero-order valence-corrected chi connectivity index (χ0v) is 13.0. The Morgan fingerprint density at radius 1 is 1.24 bits per heavy atom. The van der Waals surface area contributed by atoms with Gasteiger partial charge in [0.1, 0.15) is 0 Å². The highest BCUT2D eigenvalue weighted by Gasteiger charge is 2.21. The van der Waals surface area contributed by atoms with Gasteiger partial charge in [-0.1, -0.05) is 44.0 Å². The van der Waals surface area contributed by atoms with Crippen molar-refractivity contribution in [3.05, 3.63) is 34.3 Å². The normalized spacial score (nSPS) is 17.1. The summed E-state index contributed by atoms with van der Waals surface area (Å²) in [6.07, 6.45) is 3.82. The molecular formula is C14H18Br2O. The molecular weight excluding hydrogens is 344 g/mol. The van der Waals surface area contributed by atoms with Crippen molar-refractivity contribution in [3.8, 4) is 0 Å². The van der Waals surface area contributed by atoms with Crippen LogP contribution < -0.4 is 0 Å². The lowest BCUT2D eigenvalue weighted by Crippen LogP contribution is -2.15. The molecule has 1 nitrogen and oxygen atoms in total. The summed E-state index contributed by atoms with van der Waals surface area (Å²) in [5.41, 5.74) is 1.38. The molecule has 3 heteroatoms. The number of hydrogen-bond donors (Lipinski definition) is 0. The van der Waals surface area contributed by atoms with E-state index >= 15 is 0 Å². The van der Waals surface area contributed by atoms with Crippen molar-refractivity contribution in [3.63, 3.8) is 0 Å². The van der Waals surface area contributed by atoms with Crippen LogP contribution in [0.3, 0.4) is 0 Å². The molecule has 1 aliphatic rings. The smallest absolute Gasteiger partial charge is 0.0505 e. The predicted octanol–water partition coefficient (Wildman–Crippen LogP) is 4.43. The van der Waals surface area contributed by atoms with E-state index in [-0.39, 0.29) is 0 Å². The van der Waals surface area contributed by atoms with Crippen LogP contribution in [-0.2, 0) is 11.2 Å². The third-order valence-electron chi connectivity index (χ3n) is 3.06. The molecule has 1 aromatic carbocycles. The van der Waals surface area contributed by atoms with Crippen LogP contribution in [0.4, 0.5) is 0 Å². The molecule has 0 amide bonds. The molecule has 1 unspecified atom stereocenters. The van der Waals surface area contributed by atoms with Gasteiger partial charge in [0.15, 0.2) is 0 Å². The number of hydrogen-bond acceptors (Lipinski definition) is 1. The van der Waals surface area contributed by atoms with Crippen molar-refractivity contribution in [2.75, 3.05) is 18.5 Å². The van der Waals surface area contributed by atoms with Crippen molar-refractivity contribution >= 4 is 31.9 Å². The Morgan fingerprint density at radius 3 is 2.53 bits per heavy atom. The molecule has 0 saturated heterocycles. The summed E-state index contributed by atoms with van der Waals surface area (Å²) < 4.78 is 6.91. The first kappa shape index (κ1) is 13.6. The van der Waals surface area contributed by atoms with Crippen molar-refractivity contribution < 1.29 is 4.74 Å². The average Bonchev–Trinajstić information content (AvgIpc) is 3.14. The highest BCUT2D eigenvalue weighted by Crippen LogP contribution is 2.29. The summed E-state index contributed by atoms with van der Waals surface area (Å²) >= 11 is 7.04. The van der Waals surface area contributed by atoms with Crippen LogP contribution in [0.25, 0.3) is 0 Å². The lowest BCUT2D eigenvalue weighted by atomic mass is 10.0. The summed E-state index contributed by atoms with van der Waals surface area (Å²) in [6, 6.07) is 8.57. The minimum absolute atomic E-state index is 0.579. The Hall–Kier alpha value is 0.140. The summed E-state index contributed by atoms with van der Waals surface area (Å²) in [5, 5.41) is 1.01. The Balaban J connectivity index is 1.74. The van der Waals surface area contributed by atoms with Gasteiger partial charge in [-0.15, -0.1) is 0 Å². The van der Waals surface area contributed by atoms with Gasteiger partial charge in [0.05, 0.1) is 6.61 Å². The minimum atomic E-state index is 0.579. The monoisotopic (exact) mass is 360 g/mol. The number of rotatable bonds is 7. The first-order valence-corrected chi connectivity index (χ1v) is 8.07. The molecule has 0 radical (unpaired) electrons. The first-order chi connectivity index (χ1) is 8.28. The maximum atomic E-state index is 5.77. The van der Waals surface area contributed by atoms with Gasteiger partial charge in [-0.3, -0.25) is 0 Å². The second kappa shape index (κ2) is 6.91. The molecule has 94 valence electrons. The van der Waals surface area contributed by atoms with Gasteiger partial charge in [-0.05, 0) is 48.8 Å². The fraction of sp³-hybridized carbons (Fsp3) is 0.571. The maximum absolute atomic E-state index is 5.77. The van der Waals surface area contributed by atoms with Gasteiger partial charge < -0.3 is 4.74 Å². The number of halogens is 2. The topological polar surface area (TPSA) is 9.23 Å². The summed E-state index contributed by atoms with van der Waals surface area (Å²) in [5.74, 6) is 1.44. The molecule has 0 aromatic heterocycles. The summed E-state index contributed by atoms with van der Waals surface area (Å²) in [7, 11) is 0. The molecule has 17 heavy (non-hydrogen) atoms. The van der Waals surface area contributed by atoms with Gasteiger partial charge in [0.25, 0.3) is 0 Å². The van der Waals surface area contributed by atoms with Gasteiger partial charge >= 0.3 is 0 Å². The van der Waals surface area contributed by atoms with E-state index in [1.54, 1.807) is 0 Å². The molecule has 1 aliphatic carbocycles. The summed E-state index contributed by atoms with van der Waals surface area (Å²) in [4.78, 5) is 0. The Labute approximate surface area is 120 Å². The second-order valence-corrected chi connectivity index (χ2v) is 6.39. The van der Waals surface area contributed by atoms with E-state index in [2.05, 4.69) is 56.1 Å². The van der Waals surface area contributed by atoms with Crippen LogP contribution in [0.2, 0.25) is 0 Å². The third kappa shape index (κ3) is 5.11. The van der Waals surface area contributed by atoms with Crippen LogP contribution in [0.1, 0.15) is 18.4 Å². The predicted molar refractivity (Wildman–Crippen MR) is 78.7 cm³/mol. The largest absolute Gasteiger partial charge is 0.381 e. The number of benzene rings is 1. The van der Waals surface area contributed by atoms with Gasteiger partial charge in [-0.2, -0.15) is 0 Å². The molecule has 0 N–H and O–H groups in total. The Morgan fingerprint density at radius 2 is 1.94 bits per heavy atom. The van der Waals surface area contributed by atoms with Crippen molar-refractivity contribution in [2.45, 2.75) is 19.3 Å². The van der Waals surface area contributed by atoms with Crippen molar-refractivity contribution in [2.24, 2.45) is 11.8 Å². The molecule has 0 heterocycles. The van der Waals surface area contributed by atoms with Crippen LogP contribution in [0.5, 0.6) is 0 Å². The minimum Gasteiger partial charge on any atom is -0.381 e. The van der Waals surface area contributed by atoms with Crippen molar-refractivity contribution in [1.29, 1.82) is 0 Å². The van der Waals surface area contributed by atoms with E-state index in [9.17, 15) is 0 Å². The molecule has 1 atom stereocenters. The zero-order chi connectivity index (χ0) is 12.1. The highest BCUT2D eigenvalue weighted by atomic mass is 79.9. The van der Waals surface area contributed by atoms with Crippen LogP contribution in [0.15, 0.2) is 28.7 Å². The molecule has 0 bridgehead atoms. The standard InChI is InChI=1S/C14H18Br2O/c15-8-13(10-17-9-12-1-2-12)7-11-3-5-14(16)6-4-11/h3-6,12-13H,1-2,7-10H2. The van der Waals surface area contributed by atoms with E-state index in [0.717, 1.165) is 35.4 Å². The molecule has 0 aliphatic heterocycles. The van der Waals surface area contributed by atoms with E-state index < -0.39 is 0 Å². The molecule has 1 saturated carbocycles. The lowest BCUT2D eigenvalue weighted by Gasteiger charge is -2.14. The molecule has 0 spiro atoms. The first-order valence-electron chi connectivity index (χ1n) is 6.16. The van der Waals surface area contributed by atoms with E-state index in [1.807, 2.05) is 0 Å². The molecule has 1 fully saturated rings. The third-order valence-corrected chi connectivity index (χ3v) is 4.50. The zero-order valence-electron chi connectivity index (χ0n) is 9.87. The molecule has 1 aromatic rings. The number of alkyl halides is 1. The Bertz CT molecular complexity index is 333. The van der Waals surface area contributed by atoms with Gasteiger partial charge in [0.2, 0.25) is 0 Å². The Kier molecular flexibility index (Phi) is 5.51.